The van der Waals surface area contributed by atoms with Gasteiger partial charge in [0.05, 0.1) is 6.10 Å². The zero-order chi connectivity index (χ0) is 11.4. The first kappa shape index (κ1) is 11.9. The number of aliphatic hydroxyl groups excluding tert-OH is 1. The van der Waals surface area contributed by atoms with Crippen molar-refractivity contribution in [3.05, 3.63) is 34.9 Å². The molecule has 1 aromatic carbocycles. The lowest BCUT2D eigenvalue weighted by Gasteiger charge is -2.15. The molecule has 1 aliphatic carbocycles. The Kier molecular flexibility index (Phi) is 4.22. The van der Waals surface area contributed by atoms with Gasteiger partial charge in [-0.25, -0.2) is 0 Å². The number of rotatable bonds is 4. The summed E-state index contributed by atoms with van der Waals surface area (Å²) in [5.41, 5.74) is 1.19. The summed E-state index contributed by atoms with van der Waals surface area (Å²) in [5, 5.41) is 13.8. The van der Waals surface area contributed by atoms with Gasteiger partial charge in [0.2, 0.25) is 0 Å². The van der Waals surface area contributed by atoms with Crippen LogP contribution in [-0.2, 0) is 6.54 Å². The fourth-order valence-electron chi connectivity index (χ4n) is 2.30. The van der Waals surface area contributed by atoms with Crippen LogP contribution >= 0.6 is 11.6 Å². The highest BCUT2D eigenvalue weighted by molar-refractivity contribution is 6.30. The molecule has 1 saturated carbocycles. The minimum absolute atomic E-state index is 0.105. The topological polar surface area (TPSA) is 32.3 Å². The molecule has 1 fully saturated rings. The van der Waals surface area contributed by atoms with Crippen LogP contribution in [0, 0.1) is 5.92 Å². The van der Waals surface area contributed by atoms with Gasteiger partial charge < -0.3 is 10.4 Å². The standard InChI is InChI=1S/C13H18ClNO/c14-12-5-1-3-10(7-12)8-15-9-11-4-2-6-13(11)16/h1,3,5,7,11,13,15-16H,2,4,6,8-9H2. The molecule has 88 valence electrons. The Morgan fingerprint density at radius 1 is 1.38 bits per heavy atom. The second-order valence-corrected chi connectivity index (χ2v) is 4.96. The molecule has 1 aliphatic rings. The molecule has 2 N–H and O–H groups in total. The van der Waals surface area contributed by atoms with Crippen LogP contribution in [0.3, 0.4) is 0 Å². The maximum absolute atomic E-state index is 9.67. The molecule has 0 bridgehead atoms. The summed E-state index contributed by atoms with van der Waals surface area (Å²) in [6, 6.07) is 7.87. The Balaban J connectivity index is 1.75. The van der Waals surface area contributed by atoms with Crippen molar-refractivity contribution in [2.75, 3.05) is 6.54 Å². The minimum Gasteiger partial charge on any atom is -0.393 e. The van der Waals surface area contributed by atoms with Crippen molar-refractivity contribution in [2.45, 2.75) is 31.9 Å². The quantitative estimate of drug-likeness (QED) is 0.847. The molecule has 0 saturated heterocycles. The van der Waals surface area contributed by atoms with Gasteiger partial charge in [-0.3, -0.25) is 0 Å². The van der Waals surface area contributed by atoms with Crippen LogP contribution in [0.5, 0.6) is 0 Å². The maximum Gasteiger partial charge on any atom is 0.0580 e. The molecule has 0 aromatic heterocycles. The van der Waals surface area contributed by atoms with E-state index in [1.165, 1.54) is 5.56 Å². The van der Waals surface area contributed by atoms with Gasteiger partial charge in [-0.05, 0) is 36.5 Å². The third kappa shape index (κ3) is 3.21. The molecule has 3 heteroatoms. The molecule has 0 heterocycles. The van der Waals surface area contributed by atoms with E-state index < -0.39 is 0 Å². The van der Waals surface area contributed by atoms with Crippen molar-refractivity contribution in [1.82, 2.24) is 5.32 Å². The second kappa shape index (κ2) is 5.67. The van der Waals surface area contributed by atoms with Gasteiger partial charge in [0.15, 0.2) is 0 Å². The van der Waals surface area contributed by atoms with E-state index >= 15 is 0 Å². The van der Waals surface area contributed by atoms with E-state index in [4.69, 9.17) is 11.6 Å². The monoisotopic (exact) mass is 239 g/mol. The zero-order valence-corrected chi connectivity index (χ0v) is 10.1. The molecule has 2 unspecified atom stereocenters. The van der Waals surface area contributed by atoms with E-state index in [1.54, 1.807) is 0 Å². The van der Waals surface area contributed by atoms with Crippen LogP contribution in [0.4, 0.5) is 0 Å². The van der Waals surface area contributed by atoms with Crippen LogP contribution < -0.4 is 5.32 Å². The van der Waals surface area contributed by atoms with Crippen LogP contribution in [-0.4, -0.2) is 17.8 Å². The highest BCUT2D eigenvalue weighted by atomic mass is 35.5. The van der Waals surface area contributed by atoms with E-state index in [9.17, 15) is 5.11 Å². The van der Waals surface area contributed by atoms with Crippen molar-refractivity contribution >= 4 is 11.6 Å². The Labute approximate surface area is 102 Å². The summed E-state index contributed by atoms with van der Waals surface area (Å²) in [7, 11) is 0. The minimum atomic E-state index is -0.105. The highest BCUT2D eigenvalue weighted by Crippen LogP contribution is 2.24. The summed E-state index contributed by atoms with van der Waals surface area (Å²) in [6.07, 6.45) is 3.16. The van der Waals surface area contributed by atoms with E-state index in [0.29, 0.717) is 5.92 Å². The van der Waals surface area contributed by atoms with Gasteiger partial charge in [0.25, 0.3) is 0 Å². The van der Waals surface area contributed by atoms with E-state index in [2.05, 4.69) is 11.4 Å². The fourth-order valence-corrected chi connectivity index (χ4v) is 2.52. The van der Waals surface area contributed by atoms with Gasteiger partial charge in [-0.1, -0.05) is 30.2 Å². The average Bonchev–Trinajstić information content (AvgIpc) is 2.65. The number of benzene rings is 1. The zero-order valence-electron chi connectivity index (χ0n) is 9.32. The van der Waals surface area contributed by atoms with Crippen molar-refractivity contribution in [1.29, 1.82) is 0 Å². The normalized spacial score (nSPS) is 24.9. The van der Waals surface area contributed by atoms with Crippen molar-refractivity contribution in [3.63, 3.8) is 0 Å². The Morgan fingerprint density at radius 2 is 2.25 bits per heavy atom. The Hall–Kier alpha value is -0.570. The first-order valence-electron chi connectivity index (χ1n) is 5.89. The number of nitrogens with one attached hydrogen (secondary N) is 1. The highest BCUT2D eigenvalue weighted by Gasteiger charge is 2.24. The lowest BCUT2D eigenvalue weighted by Crippen LogP contribution is -2.27. The molecule has 2 atom stereocenters. The first-order valence-corrected chi connectivity index (χ1v) is 6.27. The van der Waals surface area contributed by atoms with Crippen molar-refractivity contribution < 1.29 is 5.11 Å². The SMILES string of the molecule is OC1CCCC1CNCc1cccc(Cl)c1. The van der Waals surface area contributed by atoms with E-state index in [-0.39, 0.29) is 6.10 Å². The van der Waals surface area contributed by atoms with Crippen LogP contribution in [0.1, 0.15) is 24.8 Å². The van der Waals surface area contributed by atoms with Crippen LogP contribution in [0.2, 0.25) is 5.02 Å². The summed E-state index contributed by atoms with van der Waals surface area (Å²) in [6.45, 7) is 1.72. The van der Waals surface area contributed by atoms with Gasteiger partial charge in [-0.15, -0.1) is 0 Å². The summed E-state index contributed by atoms with van der Waals surface area (Å²) < 4.78 is 0. The van der Waals surface area contributed by atoms with Crippen LogP contribution in [0.25, 0.3) is 0 Å². The smallest absolute Gasteiger partial charge is 0.0580 e. The number of aliphatic hydroxyl groups is 1. The lowest BCUT2D eigenvalue weighted by molar-refractivity contribution is 0.131. The predicted molar refractivity (Wildman–Crippen MR) is 66.5 cm³/mol. The average molecular weight is 240 g/mol. The Morgan fingerprint density at radius 3 is 2.94 bits per heavy atom. The largest absolute Gasteiger partial charge is 0.393 e. The summed E-state index contributed by atoms with van der Waals surface area (Å²) in [5.74, 6) is 0.430. The number of hydrogen-bond acceptors (Lipinski definition) is 2. The molecular formula is C13H18ClNO. The molecular weight excluding hydrogens is 222 g/mol. The fraction of sp³-hybridized carbons (Fsp3) is 0.538. The third-order valence-electron chi connectivity index (χ3n) is 3.24. The molecule has 0 amide bonds. The van der Waals surface area contributed by atoms with Gasteiger partial charge >= 0.3 is 0 Å². The molecule has 0 radical (unpaired) electrons. The summed E-state index contributed by atoms with van der Waals surface area (Å²) >= 11 is 5.91. The number of hydrogen-bond donors (Lipinski definition) is 2. The summed E-state index contributed by atoms with van der Waals surface area (Å²) in [4.78, 5) is 0. The first-order chi connectivity index (χ1) is 7.75. The second-order valence-electron chi connectivity index (χ2n) is 4.52. The Bertz CT molecular complexity index is 342. The van der Waals surface area contributed by atoms with Crippen molar-refractivity contribution in [3.8, 4) is 0 Å². The van der Waals surface area contributed by atoms with Crippen molar-refractivity contribution in [2.24, 2.45) is 5.92 Å². The molecule has 0 aliphatic heterocycles. The molecule has 0 spiro atoms. The van der Waals surface area contributed by atoms with Gasteiger partial charge in [-0.2, -0.15) is 0 Å². The predicted octanol–water partition coefficient (Wildman–Crippen LogP) is 2.59. The van der Waals surface area contributed by atoms with Crippen LogP contribution in [0.15, 0.2) is 24.3 Å². The molecule has 2 rings (SSSR count). The van der Waals surface area contributed by atoms with E-state index in [1.807, 2.05) is 18.2 Å². The number of halogens is 1. The molecule has 16 heavy (non-hydrogen) atoms. The molecule has 1 aromatic rings. The third-order valence-corrected chi connectivity index (χ3v) is 3.48. The maximum atomic E-state index is 9.67. The van der Waals surface area contributed by atoms with E-state index in [0.717, 1.165) is 37.4 Å². The van der Waals surface area contributed by atoms with Gasteiger partial charge in [0, 0.05) is 18.1 Å². The van der Waals surface area contributed by atoms with Gasteiger partial charge in [0.1, 0.15) is 0 Å². The lowest BCUT2D eigenvalue weighted by atomic mass is 10.1. The molecule has 2 nitrogen and oxygen atoms in total.